The molecule has 0 radical (unpaired) electrons. The predicted molar refractivity (Wildman–Crippen MR) is 100 cm³/mol. The van der Waals surface area contributed by atoms with Crippen LogP contribution in [0.25, 0.3) is 10.9 Å². The summed E-state index contributed by atoms with van der Waals surface area (Å²) < 4.78 is 5.24. The van der Waals surface area contributed by atoms with Gasteiger partial charge in [0.25, 0.3) is 11.8 Å². The quantitative estimate of drug-likeness (QED) is 0.546. The summed E-state index contributed by atoms with van der Waals surface area (Å²) in [5.41, 5.74) is 7.10. The number of imide groups is 1. The Hall–Kier alpha value is -3.81. The van der Waals surface area contributed by atoms with Crippen LogP contribution in [-0.2, 0) is 16.1 Å². The zero-order valence-electron chi connectivity index (χ0n) is 15.0. The molecule has 0 aliphatic carbocycles. The van der Waals surface area contributed by atoms with Gasteiger partial charge in [-0.05, 0) is 31.2 Å². The molecule has 8 heteroatoms. The van der Waals surface area contributed by atoms with Gasteiger partial charge in [-0.25, -0.2) is 14.8 Å². The van der Waals surface area contributed by atoms with Crippen molar-refractivity contribution in [3.8, 4) is 0 Å². The van der Waals surface area contributed by atoms with Crippen molar-refractivity contribution in [2.75, 3.05) is 5.73 Å². The van der Waals surface area contributed by atoms with Gasteiger partial charge in [0.15, 0.2) is 12.4 Å². The number of rotatable bonds is 4. The second-order valence-electron chi connectivity index (χ2n) is 6.35. The maximum absolute atomic E-state index is 12.5. The van der Waals surface area contributed by atoms with Crippen LogP contribution in [0.2, 0.25) is 0 Å². The van der Waals surface area contributed by atoms with Crippen molar-refractivity contribution in [3.05, 3.63) is 65.5 Å². The number of benzene rings is 2. The third kappa shape index (κ3) is 2.84. The van der Waals surface area contributed by atoms with Crippen molar-refractivity contribution in [1.29, 1.82) is 0 Å². The molecule has 0 fully saturated rings. The Morgan fingerprint density at radius 2 is 1.64 bits per heavy atom. The Kier molecular flexibility index (Phi) is 4.23. The van der Waals surface area contributed by atoms with E-state index in [0.29, 0.717) is 10.9 Å². The molecule has 1 unspecified atom stereocenters. The van der Waals surface area contributed by atoms with E-state index in [2.05, 4.69) is 9.97 Å². The second kappa shape index (κ2) is 6.73. The van der Waals surface area contributed by atoms with Crippen LogP contribution < -0.4 is 5.73 Å². The molecule has 0 spiro atoms. The topological polar surface area (TPSA) is 115 Å². The summed E-state index contributed by atoms with van der Waals surface area (Å²) in [5, 5.41) is 0.706. The number of amides is 2. The highest BCUT2D eigenvalue weighted by molar-refractivity contribution is 6.22. The van der Waals surface area contributed by atoms with Crippen molar-refractivity contribution >= 4 is 34.5 Å². The summed E-state index contributed by atoms with van der Waals surface area (Å²) in [4.78, 5) is 46.7. The number of para-hydroxylation sites is 1. The molecule has 2 heterocycles. The monoisotopic (exact) mass is 376 g/mol. The van der Waals surface area contributed by atoms with Crippen LogP contribution >= 0.6 is 0 Å². The average molecular weight is 376 g/mol. The van der Waals surface area contributed by atoms with Crippen LogP contribution in [0.5, 0.6) is 0 Å². The standard InChI is InChI=1S/C20H16N4O4/c1-11(24-18(25)12-6-2-3-7-13(12)19(24)26)20(27)28-10-16-22-15-9-5-4-8-14(15)17(21)23-16/h2-9,11H,10H2,1H3,(H2,21,22,23). The molecule has 0 saturated carbocycles. The Labute approximate surface area is 159 Å². The average Bonchev–Trinajstić information content (AvgIpc) is 2.96. The number of carbonyl (C=O) groups excluding carboxylic acids is 3. The molecule has 1 aliphatic heterocycles. The highest BCUT2D eigenvalue weighted by atomic mass is 16.5. The SMILES string of the molecule is CC(C(=O)OCc1nc(N)c2ccccc2n1)N1C(=O)c2ccccc2C1=O. The third-order valence-corrected chi connectivity index (χ3v) is 4.58. The van der Waals surface area contributed by atoms with Crippen molar-refractivity contribution < 1.29 is 19.1 Å². The van der Waals surface area contributed by atoms with Crippen LogP contribution in [0, 0.1) is 0 Å². The fraction of sp³-hybridized carbons (Fsp3) is 0.150. The minimum Gasteiger partial charge on any atom is -0.456 e. The number of carbonyl (C=O) groups is 3. The number of nitrogen functional groups attached to an aromatic ring is 1. The van der Waals surface area contributed by atoms with Crippen LogP contribution in [0.3, 0.4) is 0 Å². The Morgan fingerprint density at radius 1 is 1.04 bits per heavy atom. The number of esters is 1. The first-order valence-corrected chi connectivity index (χ1v) is 8.62. The summed E-state index contributed by atoms with van der Waals surface area (Å²) in [7, 11) is 0. The Morgan fingerprint density at radius 3 is 2.32 bits per heavy atom. The van der Waals surface area contributed by atoms with E-state index >= 15 is 0 Å². The van der Waals surface area contributed by atoms with Crippen molar-refractivity contribution in [2.45, 2.75) is 19.6 Å². The van der Waals surface area contributed by atoms with Gasteiger partial charge in [0, 0.05) is 5.39 Å². The molecule has 2 N–H and O–H groups in total. The molecule has 8 nitrogen and oxygen atoms in total. The van der Waals surface area contributed by atoms with Crippen molar-refractivity contribution in [1.82, 2.24) is 14.9 Å². The van der Waals surface area contributed by atoms with Gasteiger partial charge < -0.3 is 10.5 Å². The van der Waals surface area contributed by atoms with E-state index in [1.165, 1.54) is 6.92 Å². The molecule has 4 rings (SSSR count). The maximum Gasteiger partial charge on any atom is 0.329 e. The fourth-order valence-electron chi connectivity index (χ4n) is 3.14. The smallest absolute Gasteiger partial charge is 0.329 e. The Balaban J connectivity index is 1.49. The number of fused-ring (bicyclic) bond motifs is 2. The van der Waals surface area contributed by atoms with E-state index in [1.807, 2.05) is 12.1 Å². The molecule has 0 saturated heterocycles. The molecule has 140 valence electrons. The lowest BCUT2D eigenvalue weighted by Gasteiger charge is -2.20. The number of hydrogen-bond acceptors (Lipinski definition) is 7. The zero-order valence-corrected chi connectivity index (χ0v) is 15.0. The van der Waals surface area contributed by atoms with Crippen LogP contribution in [-0.4, -0.2) is 38.7 Å². The summed E-state index contributed by atoms with van der Waals surface area (Å²) in [5.74, 6) is -1.25. The number of anilines is 1. The van der Waals surface area contributed by atoms with Crippen molar-refractivity contribution in [3.63, 3.8) is 0 Å². The normalized spacial score (nSPS) is 14.2. The predicted octanol–water partition coefficient (Wildman–Crippen LogP) is 1.94. The maximum atomic E-state index is 12.5. The molecular weight excluding hydrogens is 360 g/mol. The first-order valence-electron chi connectivity index (χ1n) is 8.62. The van der Waals surface area contributed by atoms with Crippen LogP contribution in [0.4, 0.5) is 5.82 Å². The number of ether oxygens (including phenoxy) is 1. The first kappa shape index (κ1) is 17.6. The molecule has 3 aromatic rings. The largest absolute Gasteiger partial charge is 0.456 e. The lowest BCUT2D eigenvalue weighted by Crippen LogP contribution is -2.43. The summed E-state index contributed by atoms with van der Waals surface area (Å²) in [6.07, 6.45) is 0. The van der Waals surface area contributed by atoms with Gasteiger partial charge >= 0.3 is 5.97 Å². The second-order valence-corrected chi connectivity index (χ2v) is 6.35. The first-order chi connectivity index (χ1) is 13.5. The number of nitrogens with zero attached hydrogens (tertiary/aromatic N) is 3. The van der Waals surface area contributed by atoms with E-state index in [1.54, 1.807) is 36.4 Å². The van der Waals surface area contributed by atoms with Gasteiger partial charge in [-0.3, -0.25) is 14.5 Å². The molecule has 2 amide bonds. The van der Waals surface area contributed by atoms with E-state index in [4.69, 9.17) is 10.5 Å². The lowest BCUT2D eigenvalue weighted by atomic mass is 10.1. The number of hydrogen-bond donors (Lipinski definition) is 1. The molecule has 0 bridgehead atoms. The summed E-state index contributed by atoms with van der Waals surface area (Å²) in [6.45, 7) is 1.22. The Bertz CT molecular complexity index is 1090. The van der Waals surface area contributed by atoms with Gasteiger partial charge in [-0.15, -0.1) is 0 Å². The highest BCUT2D eigenvalue weighted by Gasteiger charge is 2.41. The molecule has 28 heavy (non-hydrogen) atoms. The number of aromatic nitrogens is 2. The minimum absolute atomic E-state index is 0.221. The molecule has 1 aliphatic rings. The van der Waals surface area contributed by atoms with Gasteiger partial charge in [0.1, 0.15) is 11.9 Å². The molecular formula is C20H16N4O4. The van der Waals surface area contributed by atoms with Gasteiger partial charge in [-0.1, -0.05) is 24.3 Å². The summed E-state index contributed by atoms with van der Waals surface area (Å²) >= 11 is 0. The van der Waals surface area contributed by atoms with Crippen LogP contribution in [0.1, 0.15) is 33.5 Å². The van der Waals surface area contributed by atoms with Crippen molar-refractivity contribution in [2.24, 2.45) is 0 Å². The van der Waals surface area contributed by atoms with Gasteiger partial charge in [0.2, 0.25) is 0 Å². The third-order valence-electron chi connectivity index (χ3n) is 4.58. The zero-order chi connectivity index (χ0) is 19.8. The fourth-order valence-corrected chi connectivity index (χ4v) is 3.14. The van der Waals surface area contributed by atoms with E-state index in [9.17, 15) is 14.4 Å². The van der Waals surface area contributed by atoms with E-state index < -0.39 is 23.8 Å². The molecule has 1 aromatic heterocycles. The van der Waals surface area contributed by atoms with Crippen LogP contribution in [0.15, 0.2) is 48.5 Å². The number of nitrogens with two attached hydrogens (primary N) is 1. The molecule has 1 atom stereocenters. The lowest BCUT2D eigenvalue weighted by molar-refractivity contribution is -0.149. The van der Waals surface area contributed by atoms with Gasteiger partial charge in [-0.2, -0.15) is 0 Å². The summed E-state index contributed by atoms with van der Waals surface area (Å²) in [6, 6.07) is 12.6. The highest BCUT2D eigenvalue weighted by Crippen LogP contribution is 2.25. The minimum atomic E-state index is -1.08. The molecule has 2 aromatic carbocycles. The van der Waals surface area contributed by atoms with E-state index in [-0.39, 0.29) is 29.4 Å². The van der Waals surface area contributed by atoms with Gasteiger partial charge in [0.05, 0.1) is 16.6 Å². The van der Waals surface area contributed by atoms with E-state index in [0.717, 1.165) is 4.90 Å².